The van der Waals surface area contributed by atoms with E-state index in [0.29, 0.717) is 11.5 Å². The molecular weight excluding hydrogens is 230 g/mol. The Bertz CT molecular complexity index is 255. The number of hydrogen-bond acceptors (Lipinski definition) is 4. The molecule has 0 aromatic carbocycles. The highest BCUT2D eigenvalue weighted by atomic mass is 16.5. The van der Waals surface area contributed by atoms with Gasteiger partial charge in [-0.1, -0.05) is 0 Å². The zero-order valence-electron chi connectivity index (χ0n) is 11.9. The number of methoxy groups -OCH3 is 2. The first-order chi connectivity index (χ1) is 8.74. The van der Waals surface area contributed by atoms with Crippen molar-refractivity contribution in [3.8, 4) is 0 Å². The Morgan fingerprint density at radius 1 is 1.28 bits per heavy atom. The zero-order chi connectivity index (χ0) is 13.0. The van der Waals surface area contributed by atoms with Crippen molar-refractivity contribution in [2.75, 3.05) is 34.0 Å². The minimum Gasteiger partial charge on any atom is -0.385 e. The maximum absolute atomic E-state index is 5.64. The number of nitrogens with one attached hydrogen (secondary N) is 1. The van der Waals surface area contributed by atoms with Crippen LogP contribution in [-0.2, 0) is 14.2 Å². The fraction of sp³-hybridized carbons (Fsp3) is 1.00. The van der Waals surface area contributed by atoms with Crippen LogP contribution in [0, 0.1) is 5.41 Å². The molecule has 4 heteroatoms. The van der Waals surface area contributed by atoms with Crippen LogP contribution in [0.2, 0.25) is 0 Å². The number of hydrogen-bond donors (Lipinski definition) is 1. The standard InChI is InChI=1S/C14H27NO3/c1-4-18-12-9-11(13(12)17-3)15-10-14(5-6-14)7-8-16-2/h11-13,15H,4-10H2,1-3H3. The molecule has 0 saturated heterocycles. The highest BCUT2D eigenvalue weighted by Gasteiger charge is 2.46. The van der Waals surface area contributed by atoms with Crippen LogP contribution < -0.4 is 5.32 Å². The Morgan fingerprint density at radius 3 is 2.61 bits per heavy atom. The minimum absolute atomic E-state index is 0.225. The highest BCUT2D eigenvalue weighted by Crippen LogP contribution is 2.48. The smallest absolute Gasteiger partial charge is 0.0986 e. The Labute approximate surface area is 110 Å². The summed E-state index contributed by atoms with van der Waals surface area (Å²) in [6.45, 7) is 4.79. The van der Waals surface area contributed by atoms with Crippen molar-refractivity contribution >= 4 is 0 Å². The Balaban J connectivity index is 1.68. The van der Waals surface area contributed by atoms with Crippen LogP contribution in [-0.4, -0.2) is 52.2 Å². The topological polar surface area (TPSA) is 39.7 Å². The molecule has 1 N–H and O–H groups in total. The van der Waals surface area contributed by atoms with Gasteiger partial charge in [0, 0.05) is 40.0 Å². The molecule has 2 saturated carbocycles. The molecule has 0 aromatic rings. The van der Waals surface area contributed by atoms with Gasteiger partial charge in [0.1, 0.15) is 0 Å². The number of rotatable bonds is 9. The normalized spacial score (nSPS) is 33.2. The third kappa shape index (κ3) is 3.23. The molecule has 0 radical (unpaired) electrons. The molecule has 0 heterocycles. The molecule has 4 nitrogen and oxygen atoms in total. The summed E-state index contributed by atoms with van der Waals surface area (Å²) in [6, 6.07) is 0.464. The first kappa shape index (κ1) is 14.3. The van der Waals surface area contributed by atoms with Gasteiger partial charge in [-0.05, 0) is 38.0 Å². The molecule has 2 aliphatic carbocycles. The molecule has 3 atom stereocenters. The van der Waals surface area contributed by atoms with E-state index in [1.165, 1.54) is 19.3 Å². The van der Waals surface area contributed by atoms with Gasteiger partial charge in [-0.15, -0.1) is 0 Å². The second-order valence-electron chi connectivity index (χ2n) is 5.66. The van der Waals surface area contributed by atoms with Crippen LogP contribution in [0.1, 0.15) is 32.6 Å². The average molecular weight is 257 g/mol. The summed E-state index contributed by atoms with van der Waals surface area (Å²) in [4.78, 5) is 0. The summed E-state index contributed by atoms with van der Waals surface area (Å²) < 4.78 is 16.3. The lowest BCUT2D eigenvalue weighted by molar-refractivity contribution is -0.131. The summed E-state index contributed by atoms with van der Waals surface area (Å²) in [5, 5.41) is 3.66. The second kappa shape index (κ2) is 6.33. The van der Waals surface area contributed by atoms with E-state index in [9.17, 15) is 0 Å². The van der Waals surface area contributed by atoms with Crippen LogP contribution in [0.25, 0.3) is 0 Å². The van der Waals surface area contributed by atoms with Crippen LogP contribution in [0.3, 0.4) is 0 Å². The first-order valence-corrected chi connectivity index (χ1v) is 7.11. The largest absolute Gasteiger partial charge is 0.385 e. The van der Waals surface area contributed by atoms with E-state index in [-0.39, 0.29) is 12.2 Å². The van der Waals surface area contributed by atoms with Crippen molar-refractivity contribution < 1.29 is 14.2 Å². The Hall–Kier alpha value is -0.160. The first-order valence-electron chi connectivity index (χ1n) is 7.11. The summed E-state index contributed by atoms with van der Waals surface area (Å²) in [6.07, 6.45) is 5.43. The van der Waals surface area contributed by atoms with Gasteiger partial charge in [0.15, 0.2) is 0 Å². The predicted molar refractivity (Wildman–Crippen MR) is 70.8 cm³/mol. The van der Waals surface area contributed by atoms with Gasteiger partial charge in [0.05, 0.1) is 12.2 Å². The molecule has 2 aliphatic rings. The van der Waals surface area contributed by atoms with E-state index in [4.69, 9.17) is 14.2 Å². The lowest BCUT2D eigenvalue weighted by atomic mass is 9.84. The summed E-state index contributed by atoms with van der Waals surface area (Å²) in [5.74, 6) is 0. The molecule has 0 aromatic heterocycles. The van der Waals surface area contributed by atoms with Crippen molar-refractivity contribution in [2.45, 2.75) is 50.9 Å². The molecule has 0 aliphatic heterocycles. The van der Waals surface area contributed by atoms with Crippen molar-refractivity contribution in [2.24, 2.45) is 5.41 Å². The predicted octanol–water partition coefficient (Wildman–Crippen LogP) is 1.59. The third-order valence-corrected chi connectivity index (χ3v) is 4.44. The van der Waals surface area contributed by atoms with Gasteiger partial charge in [-0.2, -0.15) is 0 Å². The van der Waals surface area contributed by atoms with Gasteiger partial charge in [0.25, 0.3) is 0 Å². The average Bonchev–Trinajstić information content (AvgIpc) is 3.11. The van der Waals surface area contributed by atoms with Crippen LogP contribution in [0.15, 0.2) is 0 Å². The summed E-state index contributed by atoms with van der Waals surface area (Å²) in [5.41, 5.74) is 0.505. The maximum atomic E-state index is 5.64. The van der Waals surface area contributed by atoms with Crippen LogP contribution >= 0.6 is 0 Å². The Morgan fingerprint density at radius 2 is 2.06 bits per heavy atom. The SMILES string of the molecule is CCOC1CC(NCC2(CCOC)CC2)C1OC. The molecule has 18 heavy (non-hydrogen) atoms. The summed E-state index contributed by atoms with van der Waals surface area (Å²) >= 11 is 0. The molecule has 3 unspecified atom stereocenters. The van der Waals surface area contributed by atoms with Gasteiger partial charge < -0.3 is 19.5 Å². The van der Waals surface area contributed by atoms with E-state index >= 15 is 0 Å². The molecule has 0 bridgehead atoms. The zero-order valence-corrected chi connectivity index (χ0v) is 11.9. The van der Waals surface area contributed by atoms with Crippen molar-refractivity contribution in [3.63, 3.8) is 0 Å². The molecule has 0 spiro atoms. The van der Waals surface area contributed by atoms with Gasteiger partial charge >= 0.3 is 0 Å². The maximum Gasteiger partial charge on any atom is 0.0986 e. The van der Waals surface area contributed by atoms with E-state index in [2.05, 4.69) is 5.32 Å². The van der Waals surface area contributed by atoms with Crippen LogP contribution in [0.4, 0.5) is 0 Å². The second-order valence-corrected chi connectivity index (χ2v) is 5.66. The fourth-order valence-electron chi connectivity index (χ4n) is 2.83. The summed E-state index contributed by atoms with van der Waals surface area (Å²) in [7, 11) is 3.56. The minimum atomic E-state index is 0.225. The van der Waals surface area contributed by atoms with E-state index in [1.807, 2.05) is 6.92 Å². The molecule has 0 amide bonds. The molecule has 2 rings (SSSR count). The van der Waals surface area contributed by atoms with Gasteiger partial charge in [0.2, 0.25) is 0 Å². The molecule has 106 valence electrons. The molecular formula is C14H27NO3. The van der Waals surface area contributed by atoms with Crippen molar-refractivity contribution in [3.05, 3.63) is 0 Å². The highest BCUT2D eigenvalue weighted by molar-refractivity contribution is 5.01. The lowest BCUT2D eigenvalue weighted by Crippen LogP contribution is -2.60. The number of ether oxygens (including phenoxy) is 3. The fourth-order valence-corrected chi connectivity index (χ4v) is 2.83. The van der Waals surface area contributed by atoms with Crippen molar-refractivity contribution in [1.29, 1.82) is 0 Å². The monoisotopic (exact) mass is 257 g/mol. The van der Waals surface area contributed by atoms with Crippen molar-refractivity contribution in [1.82, 2.24) is 5.32 Å². The van der Waals surface area contributed by atoms with Crippen LogP contribution in [0.5, 0.6) is 0 Å². The quantitative estimate of drug-likeness (QED) is 0.681. The van der Waals surface area contributed by atoms with Gasteiger partial charge in [-0.25, -0.2) is 0 Å². The van der Waals surface area contributed by atoms with E-state index in [1.54, 1.807) is 14.2 Å². The molecule has 2 fully saturated rings. The van der Waals surface area contributed by atoms with E-state index in [0.717, 1.165) is 26.2 Å². The lowest BCUT2D eigenvalue weighted by Gasteiger charge is -2.44. The van der Waals surface area contributed by atoms with Gasteiger partial charge in [-0.3, -0.25) is 0 Å². The third-order valence-electron chi connectivity index (χ3n) is 4.44. The van der Waals surface area contributed by atoms with E-state index < -0.39 is 0 Å². The Kier molecular flexibility index (Phi) is 5.01.